The molecule has 0 saturated heterocycles. The quantitative estimate of drug-likeness (QED) is 0.700. The van der Waals surface area contributed by atoms with Crippen LogP contribution in [0.25, 0.3) is 0 Å². The van der Waals surface area contributed by atoms with Crippen molar-refractivity contribution in [2.75, 3.05) is 0 Å². The van der Waals surface area contributed by atoms with Crippen molar-refractivity contribution in [2.24, 2.45) is 0 Å². The molecule has 0 unspecified atom stereocenters. The zero-order chi connectivity index (χ0) is 11.1. The summed E-state index contributed by atoms with van der Waals surface area (Å²) in [5.74, 6) is 1.01. The fourth-order valence-electron chi connectivity index (χ4n) is 1.72. The van der Waals surface area contributed by atoms with Gasteiger partial charge >= 0.3 is 0 Å². The summed E-state index contributed by atoms with van der Waals surface area (Å²) >= 11 is 0. The van der Waals surface area contributed by atoms with Crippen LogP contribution < -0.4 is 4.74 Å². The average Bonchev–Trinajstić information content (AvgIpc) is 2.15. The summed E-state index contributed by atoms with van der Waals surface area (Å²) in [6, 6.07) is 6.36. The number of hydrogen-bond donors (Lipinski definition) is 0. The molecule has 2 heteroatoms. The van der Waals surface area contributed by atoms with Gasteiger partial charge in [-0.05, 0) is 23.6 Å². The summed E-state index contributed by atoms with van der Waals surface area (Å²) in [6.07, 6.45) is 0. The minimum atomic E-state index is -0.494. The highest BCUT2D eigenvalue weighted by Gasteiger charge is 2.27. The van der Waals surface area contributed by atoms with Crippen LogP contribution in [0.1, 0.15) is 44.7 Å². The maximum atomic E-state index is 5.73. The lowest BCUT2D eigenvalue weighted by Crippen LogP contribution is -2.35. The second-order valence-electron chi connectivity index (χ2n) is 4.81. The maximum Gasteiger partial charge on any atom is 0.205 e. The molecule has 0 aromatic heterocycles. The highest BCUT2D eigenvalue weighted by atomic mass is 16.7. The van der Waals surface area contributed by atoms with E-state index in [0.717, 1.165) is 11.3 Å². The molecule has 1 heterocycles. The Kier molecular flexibility index (Phi) is 2.47. The molecule has 2 nitrogen and oxygen atoms in total. The van der Waals surface area contributed by atoms with Crippen molar-refractivity contribution in [3.63, 3.8) is 0 Å². The predicted octanol–water partition coefficient (Wildman–Crippen LogP) is 3.46. The van der Waals surface area contributed by atoms with E-state index in [1.165, 1.54) is 5.56 Å². The number of ether oxygens (including phenoxy) is 2. The first-order valence-electron chi connectivity index (χ1n) is 5.44. The van der Waals surface area contributed by atoms with Crippen molar-refractivity contribution < 1.29 is 9.47 Å². The number of rotatable bonds is 1. The van der Waals surface area contributed by atoms with Crippen LogP contribution in [-0.2, 0) is 11.3 Å². The highest BCUT2D eigenvalue weighted by Crippen LogP contribution is 2.32. The van der Waals surface area contributed by atoms with Gasteiger partial charge in [-0.1, -0.05) is 19.9 Å². The SMILES string of the molecule is CC(C)c1ccc2c(c1)COC(C)(C)O2. The third-order valence-electron chi connectivity index (χ3n) is 2.68. The Hall–Kier alpha value is -1.02. The third kappa shape index (κ3) is 2.15. The van der Waals surface area contributed by atoms with Gasteiger partial charge in [-0.3, -0.25) is 0 Å². The normalized spacial score (nSPS) is 18.5. The Bertz CT molecular complexity index is 367. The molecular formula is C13H18O2. The van der Waals surface area contributed by atoms with E-state index in [1.807, 2.05) is 13.8 Å². The van der Waals surface area contributed by atoms with Crippen molar-refractivity contribution in [3.05, 3.63) is 29.3 Å². The minimum absolute atomic E-state index is 0.494. The molecule has 0 bridgehead atoms. The van der Waals surface area contributed by atoms with E-state index in [1.54, 1.807) is 0 Å². The van der Waals surface area contributed by atoms with Gasteiger partial charge in [0.1, 0.15) is 5.75 Å². The second-order valence-corrected chi connectivity index (χ2v) is 4.81. The summed E-state index contributed by atoms with van der Waals surface area (Å²) in [4.78, 5) is 0. The Morgan fingerprint density at radius 3 is 2.67 bits per heavy atom. The largest absolute Gasteiger partial charge is 0.463 e. The van der Waals surface area contributed by atoms with Crippen molar-refractivity contribution in [3.8, 4) is 5.75 Å². The summed E-state index contributed by atoms with van der Waals surface area (Å²) in [7, 11) is 0. The number of hydrogen-bond acceptors (Lipinski definition) is 2. The van der Waals surface area contributed by atoms with E-state index < -0.39 is 5.79 Å². The second kappa shape index (κ2) is 3.53. The van der Waals surface area contributed by atoms with Gasteiger partial charge in [0.25, 0.3) is 0 Å². The molecule has 0 atom stereocenters. The standard InChI is InChI=1S/C13H18O2/c1-9(2)10-5-6-12-11(7-10)8-14-13(3,4)15-12/h5-7,9H,8H2,1-4H3. The first kappa shape index (κ1) is 10.5. The molecule has 0 fully saturated rings. The van der Waals surface area contributed by atoms with E-state index in [2.05, 4.69) is 32.0 Å². The van der Waals surface area contributed by atoms with Gasteiger partial charge in [0.15, 0.2) is 0 Å². The zero-order valence-electron chi connectivity index (χ0n) is 9.83. The Morgan fingerprint density at radius 2 is 2.00 bits per heavy atom. The van der Waals surface area contributed by atoms with E-state index in [4.69, 9.17) is 9.47 Å². The first-order chi connectivity index (χ1) is 6.98. The molecule has 1 aromatic carbocycles. The van der Waals surface area contributed by atoms with Crippen LogP contribution in [0.5, 0.6) is 5.75 Å². The Balaban J connectivity index is 2.32. The Labute approximate surface area is 91.2 Å². The molecule has 15 heavy (non-hydrogen) atoms. The van der Waals surface area contributed by atoms with E-state index in [9.17, 15) is 0 Å². The van der Waals surface area contributed by atoms with Gasteiger partial charge in [-0.15, -0.1) is 0 Å². The average molecular weight is 206 g/mol. The molecule has 0 radical (unpaired) electrons. The van der Waals surface area contributed by atoms with Gasteiger partial charge < -0.3 is 9.47 Å². The lowest BCUT2D eigenvalue weighted by Gasteiger charge is -2.32. The van der Waals surface area contributed by atoms with Gasteiger partial charge in [-0.25, -0.2) is 0 Å². The molecule has 0 spiro atoms. The van der Waals surface area contributed by atoms with Crippen molar-refractivity contribution in [1.29, 1.82) is 0 Å². The number of fused-ring (bicyclic) bond motifs is 1. The van der Waals surface area contributed by atoms with Crippen LogP contribution in [0.3, 0.4) is 0 Å². The lowest BCUT2D eigenvalue weighted by molar-refractivity contribution is -0.180. The number of benzene rings is 1. The van der Waals surface area contributed by atoms with Crippen LogP contribution in [-0.4, -0.2) is 5.79 Å². The summed E-state index contributed by atoms with van der Waals surface area (Å²) in [5.41, 5.74) is 2.49. The van der Waals surface area contributed by atoms with Gasteiger partial charge in [0.2, 0.25) is 5.79 Å². The molecule has 1 aliphatic heterocycles. The molecule has 82 valence electrons. The molecule has 0 saturated carbocycles. The van der Waals surface area contributed by atoms with Gasteiger partial charge in [0.05, 0.1) is 6.61 Å². The molecule has 1 aliphatic rings. The maximum absolute atomic E-state index is 5.73. The van der Waals surface area contributed by atoms with Crippen molar-refractivity contribution in [1.82, 2.24) is 0 Å². The van der Waals surface area contributed by atoms with Crippen molar-refractivity contribution in [2.45, 2.75) is 46.0 Å². The van der Waals surface area contributed by atoms with Crippen LogP contribution in [0.2, 0.25) is 0 Å². The topological polar surface area (TPSA) is 18.5 Å². The third-order valence-corrected chi connectivity index (χ3v) is 2.68. The van der Waals surface area contributed by atoms with E-state index >= 15 is 0 Å². The molecule has 1 aromatic rings. The summed E-state index contributed by atoms with van der Waals surface area (Å²) in [6.45, 7) is 8.90. The molecule has 0 N–H and O–H groups in total. The zero-order valence-corrected chi connectivity index (χ0v) is 9.83. The molecule has 2 rings (SSSR count). The fraction of sp³-hybridized carbons (Fsp3) is 0.538. The van der Waals surface area contributed by atoms with Gasteiger partial charge in [0, 0.05) is 19.4 Å². The minimum Gasteiger partial charge on any atom is -0.463 e. The fourth-order valence-corrected chi connectivity index (χ4v) is 1.72. The predicted molar refractivity (Wildman–Crippen MR) is 60.0 cm³/mol. The van der Waals surface area contributed by atoms with Crippen molar-refractivity contribution >= 4 is 0 Å². The molecular weight excluding hydrogens is 188 g/mol. The first-order valence-corrected chi connectivity index (χ1v) is 5.44. The van der Waals surface area contributed by atoms with E-state index in [0.29, 0.717) is 12.5 Å². The van der Waals surface area contributed by atoms with Crippen LogP contribution in [0.15, 0.2) is 18.2 Å². The summed E-state index contributed by atoms with van der Waals surface area (Å²) < 4.78 is 11.3. The van der Waals surface area contributed by atoms with Crippen LogP contribution >= 0.6 is 0 Å². The van der Waals surface area contributed by atoms with E-state index in [-0.39, 0.29) is 0 Å². The van der Waals surface area contributed by atoms with Crippen LogP contribution in [0.4, 0.5) is 0 Å². The monoisotopic (exact) mass is 206 g/mol. The molecule has 0 aliphatic carbocycles. The van der Waals surface area contributed by atoms with Gasteiger partial charge in [-0.2, -0.15) is 0 Å². The van der Waals surface area contributed by atoms with Crippen LogP contribution in [0, 0.1) is 0 Å². The smallest absolute Gasteiger partial charge is 0.205 e. The Morgan fingerprint density at radius 1 is 1.27 bits per heavy atom. The molecule has 0 amide bonds. The summed E-state index contributed by atoms with van der Waals surface area (Å²) in [5, 5.41) is 0. The lowest BCUT2D eigenvalue weighted by atomic mass is 10.00. The highest BCUT2D eigenvalue weighted by molar-refractivity contribution is 5.39.